The first kappa shape index (κ1) is 12.9. The zero-order valence-corrected chi connectivity index (χ0v) is 11.3. The molecule has 0 saturated carbocycles. The van der Waals surface area contributed by atoms with Crippen LogP contribution in [-0.4, -0.2) is 11.9 Å². The van der Waals surface area contributed by atoms with Gasteiger partial charge in [0.25, 0.3) is 0 Å². The standard InChI is InChI=1S/C16H15N3/c1-11-14(9-17)16(13-7-5-4-6-8-13)15(10-18)12(2)19(11)3/h4-8,16H,1-3H3. The summed E-state index contributed by atoms with van der Waals surface area (Å²) >= 11 is 0. The maximum Gasteiger partial charge on any atom is 0.0975 e. The molecule has 3 heteroatoms. The van der Waals surface area contributed by atoms with Gasteiger partial charge in [-0.05, 0) is 19.4 Å². The van der Waals surface area contributed by atoms with Crippen molar-refractivity contribution in [2.24, 2.45) is 0 Å². The van der Waals surface area contributed by atoms with Crippen LogP contribution in [0.2, 0.25) is 0 Å². The number of nitriles is 2. The van der Waals surface area contributed by atoms with Crippen LogP contribution in [0.4, 0.5) is 0 Å². The zero-order valence-electron chi connectivity index (χ0n) is 11.3. The van der Waals surface area contributed by atoms with Crippen molar-refractivity contribution in [2.45, 2.75) is 19.8 Å². The van der Waals surface area contributed by atoms with Crippen molar-refractivity contribution in [2.75, 3.05) is 7.05 Å². The first-order valence-electron chi connectivity index (χ1n) is 6.12. The Morgan fingerprint density at radius 3 is 1.84 bits per heavy atom. The predicted octanol–water partition coefficient (Wildman–Crippen LogP) is 3.31. The number of hydrogen-bond donors (Lipinski definition) is 0. The Morgan fingerprint density at radius 2 is 1.42 bits per heavy atom. The molecule has 19 heavy (non-hydrogen) atoms. The molecule has 0 amide bonds. The average Bonchev–Trinajstić information content (AvgIpc) is 2.45. The van der Waals surface area contributed by atoms with Gasteiger partial charge in [0.2, 0.25) is 0 Å². The van der Waals surface area contributed by atoms with Crippen LogP contribution >= 0.6 is 0 Å². The highest BCUT2D eigenvalue weighted by Gasteiger charge is 2.31. The van der Waals surface area contributed by atoms with E-state index in [2.05, 4.69) is 12.1 Å². The van der Waals surface area contributed by atoms with Gasteiger partial charge in [0, 0.05) is 18.4 Å². The van der Waals surface area contributed by atoms with Gasteiger partial charge in [-0.1, -0.05) is 30.3 Å². The SMILES string of the molecule is CC1=C(C#N)C(c2ccccc2)C(C#N)=C(C)N1C. The third-order valence-electron chi connectivity index (χ3n) is 3.74. The molecule has 0 unspecified atom stereocenters. The van der Waals surface area contributed by atoms with Gasteiger partial charge in [-0.2, -0.15) is 10.5 Å². The number of hydrogen-bond acceptors (Lipinski definition) is 3. The smallest absolute Gasteiger partial charge is 0.0975 e. The van der Waals surface area contributed by atoms with Crippen molar-refractivity contribution in [3.05, 3.63) is 58.4 Å². The third kappa shape index (κ3) is 2.00. The summed E-state index contributed by atoms with van der Waals surface area (Å²) in [5.74, 6) is -0.243. The van der Waals surface area contributed by atoms with Crippen molar-refractivity contribution < 1.29 is 0 Å². The van der Waals surface area contributed by atoms with Crippen LogP contribution in [0.15, 0.2) is 52.9 Å². The highest BCUT2D eigenvalue weighted by atomic mass is 15.1. The second kappa shape index (κ2) is 5.00. The maximum absolute atomic E-state index is 9.44. The Morgan fingerprint density at radius 1 is 0.947 bits per heavy atom. The summed E-state index contributed by atoms with van der Waals surface area (Å²) in [6.07, 6.45) is 0. The number of rotatable bonds is 1. The fourth-order valence-corrected chi connectivity index (χ4v) is 2.44. The van der Waals surface area contributed by atoms with E-state index in [0.717, 1.165) is 17.0 Å². The minimum absolute atomic E-state index is 0.243. The molecule has 0 radical (unpaired) electrons. The molecule has 1 aliphatic rings. The molecule has 1 aromatic rings. The van der Waals surface area contributed by atoms with Crippen LogP contribution in [0.1, 0.15) is 25.3 Å². The van der Waals surface area contributed by atoms with E-state index in [1.807, 2.05) is 56.1 Å². The molecule has 0 atom stereocenters. The van der Waals surface area contributed by atoms with E-state index in [1.165, 1.54) is 0 Å². The maximum atomic E-state index is 9.44. The lowest BCUT2D eigenvalue weighted by Crippen LogP contribution is -2.25. The first-order valence-corrected chi connectivity index (χ1v) is 6.12. The van der Waals surface area contributed by atoms with E-state index in [1.54, 1.807) is 0 Å². The molecular formula is C16H15N3. The molecule has 0 aromatic heterocycles. The Balaban J connectivity index is 2.68. The van der Waals surface area contributed by atoms with Gasteiger partial charge in [-0.3, -0.25) is 0 Å². The van der Waals surface area contributed by atoms with Gasteiger partial charge in [-0.15, -0.1) is 0 Å². The number of nitrogens with zero attached hydrogens (tertiary/aromatic N) is 3. The monoisotopic (exact) mass is 249 g/mol. The normalized spacial score (nSPS) is 16.4. The zero-order chi connectivity index (χ0) is 14.0. The lowest BCUT2D eigenvalue weighted by Gasteiger charge is -2.32. The Kier molecular flexibility index (Phi) is 3.40. The van der Waals surface area contributed by atoms with E-state index < -0.39 is 0 Å². The molecule has 0 N–H and O–H groups in total. The fourth-order valence-electron chi connectivity index (χ4n) is 2.44. The van der Waals surface area contributed by atoms with Gasteiger partial charge in [0.05, 0.1) is 29.2 Å². The topological polar surface area (TPSA) is 50.8 Å². The summed E-state index contributed by atoms with van der Waals surface area (Å²) in [7, 11) is 1.89. The first-order chi connectivity index (χ1) is 9.11. The van der Waals surface area contributed by atoms with Gasteiger partial charge in [0.15, 0.2) is 0 Å². The number of benzene rings is 1. The molecule has 2 rings (SSSR count). The van der Waals surface area contributed by atoms with Crippen LogP contribution in [0.25, 0.3) is 0 Å². The largest absolute Gasteiger partial charge is 0.350 e. The van der Waals surface area contributed by atoms with Crippen molar-refractivity contribution in [1.82, 2.24) is 4.90 Å². The van der Waals surface area contributed by atoms with Crippen LogP contribution in [0, 0.1) is 22.7 Å². The molecule has 1 aliphatic heterocycles. The molecule has 0 aliphatic carbocycles. The van der Waals surface area contributed by atoms with Gasteiger partial charge in [0.1, 0.15) is 0 Å². The summed E-state index contributed by atoms with van der Waals surface area (Å²) in [5.41, 5.74) is 4.11. The minimum Gasteiger partial charge on any atom is -0.350 e. The second-order valence-corrected chi connectivity index (χ2v) is 4.62. The average molecular weight is 249 g/mol. The Bertz CT molecular complexity index is 601. The van der Waals surface area contributed by atoms with E-state index in [4.69, 9.17) is 0 Å². The molecule has 1 heterocycles. The van der Waals surface area contributed by atoms with Gasteiger partial charge in [-0.25, -0.2) is 0 Å². The summed E-state index contributed by atoms with van der Waals surface area (Å²) in [4.78, 5) is 1.91. The minimum atomic E-state index is -0.243. The van der Waals surface area contributed by atoms with E-state index in [0.29, 0.717) is 11.1 Å². The van der Waals surface area contributed by atoms with Crippen LogP contribution in [-0.2, 0) is 0 Å². The molecule has 1 aromatic carbocycles. The van der Waals surface area contributed by atoms with E-state index in [-0.39, 0.29) is 5.92 Å². The Hall–Kier alpha value is -2.52. The van der Waals surface area contributed by atoms with E-state index >= 15 is 0 Å². The second-order valence-electron chi connectivity index (χ2n) is 4.62. The molecule has 0 fully saturated rings. The van der Waals surface area contributed by atoms with Crippen LogP contribution in [0.3, 0.4) is 0 Å². The molecule has 0 bridgehead atoms. The third-order valence-corrected chi connectivity index (χ3v) is 3.74. The highest BCUT2D eigenvalue weighted by molar-refractivity contribution is 5.54. The lowest BCUT2D eigenvalue weighted by molar-refractivity contribution is 0.489. The molecule has 0 saturated heterocycles. The molecule has 3 nitrogen and oxygen atoms in total. The van der Waals surface area contributed by atoms with Crippen molar-refractivity contribution >= 4 is 0 Å². The van der Waals surface area contributed by atoms with Crippen molar-refractivity contribution in [3.8, 4) is 12.1 Å². The molecule has 0 spiro atoms. The van der Waals surface area contributed by atoms with Crippen LogP contribution in [0.5, 0.6) is 0 Å². The van der Waals surface area contributed by atoms with Crippen molar-refractivity contribution in [1.29, 1.82) is 10.5 Å². The Labute approximate surface area is 113 Å². The fraction of sp³-hybridized carbons (Fsp3) is 0.250. The predicted molar refractivity (Wildman–Crippen MR) is 73.6 cm³/mol. The summed E-state index contributed by atoms with van der Waals surface area (Å²) in [5, 5.41) is 18.9. The van der Waals surface area contributed by atoms with E-state index in [9.17, 15) is 10.5 Å². The van der Waals surface area contributed by atoms with Crippen molar-refractivity contribution in [3.63, 3.8) is 0 Å². The molecular weight excluding hydrogens is 234 g/mol. The summed E-state index contributed by atoms with van der Waals surface area (Å²) in [6, 6.07) is 14.3. The van der Waals surface area contributed by atoms with Gasteiger partial charge < -0.3 is 4.90 Å². The summed E-state index contributed by atoms with van der Waals surface area (Å²) in [6.45, 7) is 3.85. The molecule has 94 valence electrons. The van der Waals surface area contributed by atoms with Crippen LogP contribution < -0.4 is 0 Å². The number of allylic oxidation sites excluding steroid dienone is 4. The van der Waals surface area contributed by atoms with Gasteiger partial charge >= 0.3 is 0 Å². The summed E-state index contributed by atoms with van der Waals surface area (Å²) < 4.78 is 0. The quantitative estimate of drug-likeness (QED) is 0.767. The highest BCUT2D eigenvalue weighted by Crippen LogP contribution is 2.40. The lowest BCUT2D eigenvalue weighted by atomic mass is 9.81.